The number of carbonyl (C=O) groups is 1. The average Bonchev–Trinajstić information content (AvgIpc) is 2.77. The van der Waals surface area contributed by atoms with E-state index >= 15 is 0 Å². The van der Waals surface area contributed by atoms with Crippen LogP contribution in [-0.2, 0) is 9.53 Å². The van der Waals surface area contributed by atoms with Crippen molar-refractivity contribution >= 4 is 16.7 Å². The number of hydrogen-bond acceptors (Lipinski definition) is 4. The van der Waals surface area contributed by atoms with Gasteiger partial charge >= 0.3 is 0 Å². The summed E-state index contributed by atoms with van der Waals surface area (Å²) in [6, 6.07) is 21.4. The second-order valence-electron chi connectivity index (χ2n) is 6.72. The van der Waals surface area contributed by atoms with Crippen LogP contribution in [0.15, 0.2) is 66.7 Å². The molecule has 1 aliphatic rings. The highest BCUT2D eigenvalue weighted by Gasteiger charge is 2.29. The van der Waals surface area contributed by atoms with E-state index in [-0.39, 0.29) is 5.91 Å². The fourth-order valence-electron chi connectivity index (χ4n) is 3.38. The molecule has 1 heterocycles. The zero-order valence-corrected chi connectivity index (χ0v) is 15.8. The highest BCUT2D eigenvalue weighted by atomic mass is 16.5. The number of amides is 1. The summed E-state index contributed by atoms with van der Waals surface area (Å²) >= 11 is 0. The molecule has 3 aromatic carbocycles. The van der Waals surface area contributed by atoms with Gasteiger partial charge in [-0.05, 0) is 35.0 Å². The molecular formula is C23H23NO4. The summed E-state index contributed by atoms with van der Waals surface area (Å²) in [6.07, 6.45) is -0.692. The number of methoxy groups -OCH3 is 1. The molecule has 0 bridgehead atoms. The Morgan fingerprint density at radius 2 is 1.61 bits per heavy atom. The van der Waals surface area contributed by atoms with Crippen LogP contribution in [0.4, 0.5) is 0 Å². The van der Waals surface area contributed by atoms with Gasteiger partial charge in [0.25, 0.3) is 5.91 Å². The predicted octanol–water partition coefficient (Wildman–Crippen LogP) is 3.83. The third kappa shape index (κ3) is 3.94. The first-order valence-electron chi connectivity index (χ1n) is 9.40. The maximum atomic E-state index is 13.2. The molecule has 4 rings (SSSR count). The molecule has 1 saturated heterocycles. The Bertz CT molecular complexity index is 951. The first-order valence-corrected chi connectivity index (χ1v) is 9.40. The first kappa shape index (κ1) is 18.3. The quantitative estimate of drug-likeness (QED) is 0.678. The minimum atomic E-state index is -0.692. The number of morpholine rings is 1. The summed E-state index contributed by atoms with van der Waals surface area (Å²) in [5.74, 6) is 1.39. The van der Waals surface area contributed by atoms with Gasteiger partial charge in [0.15, 0.2) is 0 Å². The monoisotopic (exact) mass is 377 g/mol. The van der Waals surface area contributed by atoms with Gasteiger partial charge in [0.05, 0.1) is 20.3 Å². The van der Waals surface area contributed by atoms with Crippen molar-refractivity contribution < 1.29 is 19.0 Å². The number of fused-ring (bicyclic) bond motifs is 1. The van der Waals surface area contributed by atoms with Crippen molar-refractivity contribution in [1.29, 1.82) is 0 Å². The minimum absolute atomic E-state index is 0.0414. The zero-order valence-electron chi connectivity index (χ0n) is 15.8. The molecular weight excluding hydrogens is 354 g/mol. The molecule has 1 atom stereocenters. The van der Waals surface area contributed by atoms with E-state index in [4.69, 9.17) is 14.2 Å². The Balaban J connectivity index is 1.65. The van der Waals surface area contributed by atoms with Gasteiger partial charge in [-0.2, -0.15) is 0 Å². The van der Waals surface area contributed by atoms with Crippen molar-refractivity contribution in [1.82, 2.24) is 4.90 Å². The lowest BCUT2D eigenvalue weighted by atomic mass is 10.1. The van der Waals surface area contributed by atoms with E-state index in [2.05, 4.69) is 0 Å². The SMILES string of the molecule is COc1ccc2ccc(O[C@@H](C(=O)N3CCOCC3)c3ccccc3)cc2c1. The van der Waals surface area contributed by atoms with E-state index in [1.54, 1.807) is 7.11 Å². The molecule has 3 aromatic rings. The predicted molar refractivity (Wildman–Crippen MR) is 108 cm³/mol. The molecule has 0 radical (unpaired) electrons. The molecule has 0 aliphatic carbocycles. The van der Waals surface area contributed by atoms with Crippen LogP contribution in [0.3, 0.4) is 0 Å². The van der Waals surface area contributed by atoms with Gasteiger partial charge in [0.1, 0.15) is 11.5 Å². The Kier molecular flexibility index (Phi) is 5.44. The topological polar surface area (TPSA) is 48.0 Å². The Morgan fingerprint density at radius 1 is 0.929 bits per heavy atom. The van der Waals surface area contributed by atoms with Crippen molar-refractivity contribution in [3.8, 4) is 11.5 Å². The molecule has 0 aromatic heterocycles. The molecule has 1 aliphatic heterocycles. The standard InChI is InChI=1S/C23H23NO4/c1-26-20-9-7-17-8-10-21(16-19(17)15-20)28-22(18-5-3-2-4-6-18)23(25)24-11-13-27-14-12-24/h2-10,15-16,22H,11-14H2,1H3/t22-/m1/s1. The molecule has 28 heavy (non-hydrogen) atoms. The first-order chi connectivity index (χ1) is 13.7. The Labute approximate surface area is 164 Å². The fourth-order valence-corrected chi connectivity index (χ4v) is 3.38. The van der Waals surface area contributed by atoms with E-state index in [0.29, 0.717) is 32.1 Å². The normalized spacial score (nSPS) is 15.2. The highest BCUT2D eigenvalue weighted by molar-refractivity contribution is 5.86. The number of rotatable bonds is 5. The van der Waals surface area contributed by atoms with Gasteiger partial charge in [-0.25, -0.2) is 0 Å². The second kappa shape index (κ2) is 8.31. The van der Waals surface area contributed by atoms with Gasteiger partial charge < -0.3 is 19.1 Å². The van der Waals surface area contributed by atoms with Crippen LogP contribution in [0.2, 0.25) is 0 Å². The summed E-state index contributed by atoms with van der Waals surface area (Å²) in [6.45, 7) is 2.28. The van der Waals surface area contributed by atoms with Crippen molar-refractivity contribution in [2.45, 2.75) is 6.10 Å². The van der Waals surface area contributed by atoms with Crippen LogP contribution in [0.1, 0.15) is 11.7 Å². The van der Waals surface area contributed by atoms with Gasteiger partial charge in [-0.3, -0.25) is 4.79 Å². The third-order valence-corrected chi connectivity index (χ3v) is 4.92. The van der Waals surface area contributed by atoms with Crippen LogP contribution in [0.25, 0.3) is 10.8 Å². The molecule has 5 heteroatoms. The van der Waals surface area contributed by atoms with Crippen LogP contribution in [0, 0.1) is 0 Å². The summed E-state index contributed by atoms with van der Waals surface area (Å²) in [5.41, 5.74) is 0.838. The summed E-state index contributed by atoms with van der Waals surface area (Å²) < 4.78 is 16.9. The van der Waals surface area contributed by atoms with Gasteiger partial charge in [0, 0.05) is 18.7 Å². The number of benzene rings is 3. The maximum absolute atomic E-state index is 13.2. The van der Waals surface area contributed by atoms with Gasteiger partial charge in [0.2, 0.25) is 6.10 Å². The summed E-state index contributed by atoms with van der Waals surface area (Å²) in [4.78, 5) is 15.0. The van der Waals surface area contributed by atoms with Gasteiger partial charge in [-0.15, -0.1) is 0 Å². The smallest absolute Gasteiger partial charge is 0.268 e. The molecule has 5 nitrogen and oxygen atoms in total. The van der Waals surface area contributed by atoms with Crippen molar-refractivity contribution in [3.05, 3.63) is 72.3 Å². The minimum Gasteiger partial charge on any atom is -0.497 e. The fraction of sp³-hybridized carbons (Fsp3) is 0.261. The van der Waals surface area contributed by atoms with E-state index in [1.807, 2.05) is 71.6 Å². The van der Waals surface area contributed by atoms with Crippen LogP contribution in [-0.4, -0.2) is 44.2 Å². The molecule has 0 unspecified atom stereocenters. The van der Waals surface area contributed by atoms with Crippen LogP contribution < -0.4 is 9.47 Å². The van der Waals surface area contributed by atoms with Gasteiger partial charge in [-0.1, -0.05) is 42.5 Å². The maximum Gasteiger partial charge on any atom is 0.268 e. The largest absolute Gasteiger partial charge is 0.497 e. The molecule has 1 amide bonds. The Hall–Kier alpha value is -3.05. The zero-order chi connectivity index (χ0) is 19.3. The Morgan fingerprint density at radius 3 is 2.32 bits per heavy atom. The van der Waals surface area contributed by atoms with E-state index in [0.717, 1.165) is 22.1 Å². The third-order valence-electron chi connectivity index (χ3n) is 4.92. The second-order valence-corrected chi connectivity index (χ2v) is 6.72. The lowest BCUT2D eigenvalue weighted by Crippen LogP contribution is -2.44. The molecule has 0 spiro atoms. The van der Waals surface area contributed by atoms with Crippen molar-refractivity contribution in [2.75, 3.05) is 33.4 Å². The lowest BCUT2D eigenvalue weighted by Gasteiger charge is -2.30. The van der Waals surface area contributed by atoms with Crippen molar-refractivity contribution in [3.63, 3.8) is 0 Å². The highest BCUT2D eigenvalue weighted by Crippen LogP contribution is 2.29. The van der Waals surface area contributed by atoms with E-state index in [1.165, 1.54) is 0 Å². The van der Waals surface area contributed by atoms with Crippen LogP contribution in [0.5, 0.6) is 11.5 Å². The van der Waals surface area contributed by atoms with Crippen LogP contribution >= 0.6 is 0 Å². The summed E-state index contributed by atoms with van der Waals surface area (Å²) in [7, 11) is 1.65. The number of ether oxygens (including phenoxy) is 3. The lowest BCUT2D eigenvalue weighted by molar-refractivity contribution is -0.143. The number of carbonyl (C=O) groups excluding carboxylic acids is 1. The van der Waals surface area contributed by atoms with Crippen molar-refractivity contribution in [2.24, 2.45) is 0 Å². The molecule has 0 saturated carbocycles. The van der Waals surface area contributed by atoms with E-state index < -0.39 is 6.10 Å². The summed E-state index contributed by atoms with van der Waals surface area (Å²) in [5, 5.41) is 2.09. The number of hydrogen-bond donors (Lipinski definition) is 0. The average molecular weight is 377 g/mol. The van der Waals surface area contributed by atoms with E-state index in [9.17, 15) is 4.79 Å². The molecule has 0 N–H and O–H groups in total. The molecule has 144 valence electrons. The number of nitrogens with zero attached hydrogens (tertiary/aromatic N) is 1. The molecule has 1 fully saturated rings.